The van der Waals surface area contributed by atoms with Crippen molar-refractivity contribution in [3.05, 3.63) is 0 Å². The van der Waals surface area contributed by atoms with Crippen LogP contribution in [0.5, 0.6) is 0 Å². The molecule has 0 aliphatic rings. The van der Waals surface area contributed by atoms with E-state index in [1.165, 1.54) is 13.8 Å². The van der Waals surface area contributed by atoms with Crippen LogP contribution in [-0.2, 0) is 10.1 Å². The maximum atomic E-state index is 10.7. The van der Waals surface area contributed by atoms with Crippen LogP contribution in [0.1, 0.15) is 27.2 Å². The first-order chi connectivity index (χ1) is 4.67. The first-order valence-electron chi connectivity index (χ1n) is 3.32. The van der Waals surface area contributed by atoms with E-state index in [0.29, 0.717) is 6.42 Å². The molecule has 0 saturated heterocycles. The van der Waals surface area contributed by atoms with Gasteiger partial charge >= 0.3 is 0 Å². The van der Waals surface area contributed by atoms with Crippen molar-refractivity contribution in [2.75, 3.05) is 0 Å². The minimum atomic E-state index is -3.95. The van der Waals surface area contributed by atoms with Crippen molar-refractivity contribution in [2.24, 2.45) is 0 Å². The van der Waals surface area contributed by atoms with Crippen LogP contribution >= 0.6 is 12.6 Å². The summed E-state index contributed by atoms with van der Waals surface area (Å²) in [5.41, 5.74) is 0. The van der Waals surface area contributed by atoms with E-state index in [9.17, 15) is 8.42 Å². The lowest BCUT2D eigenvalue weighted by Crippen LogP contribution is -2.33. The van der Waals surface area contributed by atoms with Gasteiger partial charge in [0.15, 0.2) is 0 Å². The average molecular weight is 215 g/mol. The third-order valence-electron chi connectivity index (χ3n) is 1.49. The summed E-state index contributed by atoms with van der Waals surface area (Å²) in [6, 6.07) is 0. The Bertz CT molecular complexity index is 221. The van der Waals surface area contributed by atoms with Crippen LogP contribution in [0.2, 0.25) is 0 Å². The second kappa shape index (κ2) is 4.45. The Hall–Kier alpha value is 0.220. The summed E-state index contributed by atoms with van der Waals surface area (Å²) in [4.78, 5) is 0. The van der Waals surface area contributed by atoms with E-state index < -0.39 is 14.9 Å². The fraction of sp³-hybridized carbons (Fsp3) is 1.00. The van der Waals surface area contributed by atoms with E-state index in [4.69, 9.17) is 4.55 Å². The predicted molar refractivity (Wildman–Crippen MR) is 53.7 cm³/mol. The molecule has 0 aliphatic carbocycles. The lowest BCUT2D eigenvalue weighted by molar-refractivity contribution is 0.431. The standard InChI is InChI=1S/C6H14O3S2.H3N/c1-5(10)4-6(2,3)11(7,8)9;/h5,10H,4H2,1-3H3,(H,7,8,9);1H3. The molecule has 1 atom stereocenters. The highest BCUT2D eigenvalue weighted by Crippen LogP contribution is 2.23. The molecule has 0 amide bonds. The highest BCUT2D eigenvalue weighted by molar-refractivity contribution is 7.87. The molecule has 0 bridgehead atoms. The van der Waals surface area contributed by atoms with Crippen molar-refractivity contribution >= 4 is 22.7 Å². The molecule has 0 aromatic carbocycles. The van der Waals surface area contributed by atoms with E-state index >= 15 is 0 Å². The van der Waals surface area contributed by atoms with E-state index in [2.05, 4.69) is 12.6 Å². The Morgan fingerprint density at radius 1 is 1.50 bits per heavy atom. The van der Waals surface area contributed by atoms with Crippen LogP contribution in [0.15, 0.2) is 0 Å². The fourth-order valence-electron chi connectivity index (χ4n) is 0.817. The Labute approximate surface area is 79.5 Å². The Balaban J connectivity index is 0. The minimum absolute atomic E-state index is 0. The van der Waals surface area contributed by atoms with Crippen LogP contribution < -0.4 is 6.15 Å². The Morgan fingerprint density at radius 2 is 1.83 bits per heavy atom. The molecule has 12 heavy (non-hydrogen) atoms. The van der Waals surface area contributed by atoms with Crippen molar-refractivity contribution in [1.29, 1.82) is 0 Å². The van der Waals surface area contributed by atoms with Gasteiger partial charge in [-0.1, -0.05) is 6.92 Å². The minimum Gasteiger partial charge on any atom is -0.344 e. The summed E-state index contributed by atoms with van der Waals surface area (Å²) in [7, 11) is -3.95. The van der Waals surface area contributed by atoms with Crippen molar-refractivity contribution in [3.63, 3.8) is 0 Å². The van der Waals surface area contributed by atoms with Crippen molar-refractivity contribution in [2.45, 2.75) is 37.2 Å². The zero-order chi connectivity index (χ0) is 9.28. The molecule has 0 fully saturated rings. The first-order valence-corrected chi connectivity index (χ1v) is 5.27. The number of thiol groups is 1. The smallest absolute Gasteiger partial charge is 0.270 e. The van der Waals surface area contributed by atoms with Gasteiger partial charge in [-0.3, -0.25) is 4.55 Å². The third-order valence-corrected chi connectivity index (χ3v) is 3.23. The second-order valence-electron chi connectivity index (χ2n) is 3.29. The summed E-state index contributed by atoms with van der Waals surface area (Å²) in [6.07, 6.45) is 0.342. The van der Waals surface area contributed by atoms with Crippen LogP contribution in [-0.4, -0.2) is 23.0 Å². The number of hydrogen-bond donors (Lipinski definition) is 3. The molecule has 0 aromatic rings. The molecule has 76 valence electrons. The van der Waals surface area contributed by atoms with Gasteiger partial charge in [-0.15, -0.1) is 0 Å². The summed E-state index contributed by atoms with van der Waals surface area (Å²) in [6.45, 7) is 4.75. The van der Waals surface area contributed by atoms with Crippen molar-refractivity contribution in [1.82, 2.24) is 6.15 Å². The van der Waals surface area contributed by atoms with E-state index in [-0.39, 0.29) is 11.4 Å². The SMILES string of the molecule is CC(S)CC(C)(C)S(=O)(=O)O.N. The van der Waals surface area contributed by atoms with Gasteiger partial charge in [-0.25, -0.2) is 0 Å². The Morgan fingerprint density at radius 3 is 1.92 bits per heavy atom. The summed E-state index contributed by atoms with van der Waals surface area (Å²) >= 11 is 4.05. The lowest BCUT2D eigenvalue weighted by atomic mass is 10.1. The maximum Gasteiger partial charge on any atom is 0.270 e. The monoisotopic (exact) mass is 215 g/mol. The van der Waals surface area contributed by atoms with Crippen LogP contribution in [0.4, 0.5) is 0 Å². The molecule has 0 saturated carbocycles. The van der Waals surface area contributed by atoms with Gasteiger partial charge in [0.2, 0.25) is 0 Å². The maximum absolute atomic E-state index is 10.7. The summed E-state index contributed by atoms with van der Waals surface area (Å²) < 4.78 is 29.1. The van der Waals surface area contributed by atoms with Crippen LogP contribution in [0.25, 0.3) is 0 Å². The van der Waals surface area contributed by atoms with Crippen LogP contribution in [0, 0.1) is 0 Å². The Kier molecular flexibility index (Phi) is 5.47. The second-order valence-corrected chi connectivity index (χ2v) is 6.22. The molecule has 1 unspecified atom stereocenters. The van der Waals surface area contributed by atoms with Crippen molar-refractivity contribution in [3.8, 4) is 0 Å². The van der Waals surface area contributed by atoms with Gasteiger partial charge in [-0.05, 0) is 20.3 Å². The highest BCUT2D eigenvalue weighted by atomic mass is 32.2. The van der Waals surface area contributed by atoms with Gasteiger partial charge in [0, 0.05) is 5.25 Å². The third kappa shape index (κ3) is 4.30. The lowest BCUT2D eigenvalue weighted by Gasteiger charge is -2.22. The molecule has 4 nitrogen and oxygen atoms in total. The largest absolute Gasteiger partial charge is 0.344 e. The van der Waals surface area contributed by atoms with Gasteiger partial charge in [0.05, 0.1) is 4.75 Å². The van der Waals surface area contributed by atoms with E-state index in [1.54, 1.807) is 6.92 Å². The van der Waals surface area contributed by atoms with Gasteiger partial charge in [0.1, 0.15) is 0 Å². The molecular weight excluding hydrogens is 198 g/mol. The molecule has 0 heterocycles. The molecule has 0 spiro atoms. The molecule has 6 heteroatoms. The summed E-state index contributed by atoms with van der Waals surface area (Å²) in [5.74, 6) is 0. The zero-order valence-corrected chi connectivity index (χ0v) is 9.32. The average Bonchev–Trinajstić information content (AvgIpc) is 1.56. The first kappa shape index (κ1) is 14.7. The molecule has 0 aromatic heterocycles. The number of rotatable bonds is 3. The zero-order valence-electron chi connectivity index (χ0n) is 7.61. The molecule has 0 aliphatic heterocycles. The van der Waals surface area contributed by atoms with Gasteiger partial charge < -0.3 is 6.15 Å². The summed E-state index contributed by atoms with van der Waals surface area (Å²) in [5, 5.41) is -0.0353. The van der Waals surface area contributed by atoms with Gasteiger partial charge in [-0.2, -0.15) is 21.0 Å². The van der Waals surface area contributed by atoms with Crippen molar-refractivity contribution < 1.29 is 13.0 Å². The molecule has 0 rings (SSSR count). The molecule has 0 radical (unpaired) electrons. The van der Waals surface area contributed by atoms with E-state index in [1.807, 2.05) is 0 Å². The predicted octanol–water partition coefficient (Wildman–Crippen LogP) is 1.52. The number of hydrogen-bond acceptors (Lipinski definition) is 4. The molecular formula is C6H17NO3S2. The van der Waals surface area contributed by atoms with Crippen LogP contribution in [0.3, 0.4) is 0 Å². The highest BCUT2D eigenvalue weighted by Gasteiger charge is 2.33. The molecule has 4 N–H and O–H groups in total. The topological polar surface area (TPSA) is 89.4 Å². The van der Waals surface area contributed by atoms with E-state index in [0.717, 1.165) is 0 Å². The van der Waals surface area contributed by atoms with Gasteiger partial charge in [0.25, 0.3) is 10.1 Å². The normalized spacial score (nSPS) is 15.1. The fourth-order valence-corrected chi connectivity index (χ4v) is 1.86. The quantitative estimate of drug-likeness (QED) is 0.492.